The molecule has 0 unspecified atom stereocenters. The Balaban J connectivity index is 2.40. The number of amides is 2. The fourth-order valence-corrected chi connectivity index (χ4v) is 1.86. The Labute approximate surface area is 114 Å². The van der Waals surface area contributed by atoms with Crippen LogP contribution in [0.4, 0.5) is 10.5 Å². The van der Waals surface area contributed by atoms with Crippen LogP contribution in [-0.2, 0) is 4.74 Å². The van der Waals surface area contributed by atoms with Gasteiger partial charge in [-0.05, 0) is 25.1 Å². The van der Waals surface area contributed by atoms with E-state index >= 15 is 0 Å². The summed E-state index contributed by atoms with van der Waals surface area (Å²) in [6.45, 7) is 3.51. The maximum absolute atomic E-state index is 11.5. The lowest BCUT2D eigenvalue weighted by Gasteiger charge is -2.09. The Morgan fingerprint density at radius 1 is 1.53 bits per heavy atom. The van der Waals surface area contributed by atoms with Gasteiger partial charge in [0.2, 0.25) is 0 Å². The number of ether oxygens (including phenoxy) is 1. The zero-order valence-corrected chi connectivity index (χ0v) is 11.8. The van der Waals surface area contributed by atoms with Crippen molar-refractivity contribution < 1.29 is 9.53 Å². The van der Waals surface area contributed by atoms with E-state index in [4.69, 9.17) is 16.3 Å². The van der Waals surface area contributed by atoms with Gasteiger partial charge in [0.1, 0.15) is 0 Å². The van der Waals surface area contributed by atoms with Crippen LogP contribution in [0.15, 0.2) is 22.7 Å². The molecule has 0 heterocycles. The van der Waals surface area contributed by atoms with Gasteiger partial charge in [0.25, 0.3) is 0 Å². The Morgan fingerprint density at radius 2 is 2.29 bits per heavy atom. The summed E-state index contributed by atoms with van der Waals surface area (Å²) >= 11 is 9.25. The molecule has 0 aromatic heterocycles. The Morgan fingerprint density at radius 3 is 2.94 bits per heavy atom. The van der Waals surface area contributed by atoms with E-state index in [-0.39, 0.29) is 6.03 Å². The van der Waals surface area contributed by atoms with Gasteiger partial charge in [-0.15, -0.1) is 0 Å². The summed E-state index contributed by atoms with van der Waals surface area (Å²) in [5.41, 5.74) is 0.573. The molecular formula is C11H14BrClN2O2. The van der Waals surface area contributed by atoms with E-state index in [0.29, 0.717) is 30.5 Å². The van der Waals surface area contributed by atoms with Crippen LogP contribution in [0.3, 0.4) is 0 Å². The molecule has 0 aliphatic rings. The van der Waals surface area contributed by atoms with E-state index < -0.39 is 0 Å². The van der Waals surface area contributed by atoms with Crippen LogP contribution >= 0.6 is 27.5 Å². The van der Waals surface area contributed by atoms with Crippen molar-refractivity contribution >= 4 is 39.2 Å². The van der Waals surface area contributed by atoms with E-state index in [2.05, 4.69) is 26.6 Å². The molecule has 94 valence electrons. The minimum Gasteiger partial charge on any atom is -0.380 e. The Kier molecular flexibility index (Phi) is 6.32. The van der Waals surface area contributed by atoms with Crippen LogP contribution in [0.5, 0.6) is 0 Å². The first-order chi connectivity index (χ1) is 8.13. The first-order valence-electron chi connectivity index (χ1n) is 5.21. The molecule has 2 amide bonds. The fourth-order valence-electron chi connectivity index (χ4n) is 1.14. The van der Waals surface area contributed by atoms with Gasteiger partial charge >= 0.3 is 6.03 Å². The number of halogens is 2. The Bertz CT molecular complexity index is 388. The second-order valence-corrected chi connectivity index (χ2v) is 4.52. The predicted molar refractivity (Wildman–Crippen MR) is 72.7 cm³/mol. The van der Waals surface area contributed by atoms with Crippen molar-refractivity contribution in [1.82, 2.24) is 5.32 Å². The van der Waals surface area contributed by atoms with Crippen LogP contribution in [0.2, 0.25) is 5.02 Å². The number of hydrogen-bond acceptors (Lipinski definition) is 2. The van der Waals surface area contributed by atoms with E-state index in [9.17, 15) is 4.79 Å². The average molecular weight is 322 g/mol. The molecule has 1 aromatic carbocycles. The number of benzene rings is 1. The summed E-state index contributed by atoms with van der Waals surface area (Å²) < 4.78 is 5.96. The highest BCUT2D eigenvalue weighted by Crippen LogP contribution is 2.25. The third-order valence-electron chi connectivity index (χ3n) is 1.92. The van der Waals surface area contributed by atoms with Crippen molar-refractivity contribution in [2.24, 2.45) is 0 Å². The van der Waals surface area contributed by atoms with Gasteiger partial charge in [-0.25, -0.2) is 4.79 Å². The molecule has 0 saturated heterocycles. The highest BCUT2D eigenvalue weighted by atomic mass is 79.9. The number of nitrogens with one attached hydrogen (secondary N) is 2. The zero-order chi connectivity index (χ0) is 12.7. The summed E-state index contributed by atoms with van der Waals surface area (Å²) in [7, 11) is 0. The lowest BCUT2D eigenvalue weighted by atomic mass is 10.3. The molecule has 17 heavy (non-hydrogen) atoms. The van der Waals surface area contributed by atoms with Gasteiger partial charge in [-0.1, -0.05) is 27.5 Å². The number of rotatable bonds is 5. The van der Waals surface area contributed by atoms with E-state index in [1.807, 2.05) is 13.0 Å². The lowest BCUT2D eigenvalue weighted by molar-refractivity contribution is 0.150. The molecular weight excluding hydrogens is 307 g/mol. The van der Waals surface area contributed by atoms with E-state index in [0.717, 1.165) is 4.47 Å². The monoisotopic (exact) mass is 320 g/mol. The quantitative estimate of drug-likeness (QED) is 0.818. The smallest absolute Gasteiger partial charge is 0.319 e. The molecule has 0 radical (unpaired) electrons. The molecule has 1 rings (SSSR count). The Hall–Kier alpha value is -0.780. The average Bonchev–Trinajstić information content (AvgIpc) is 2.28. The maximum atomic E-state index is 11.5. The van der Waals surface area contributed by atoms with Crippen LogP contribution in [0, 0.1) is 0 Å². The SMILES string of the molecule is CCOCCNC(=O)Nc1ccc(Br)cc1Cl. The largest absolute Gasteiger partial charge is 0.380 e. The summed E-state index contributed by atoms with van der Waals surface area (Å²) in [4.78, 5) is 11.5. The fraction of sp³-hybridized carbons (Fsp3) is 0.364. The van der Waals surface area contributed by atoms with Crippen molar-refractivity contribution in [3.8, 4) is 0 Å². The third-order valence-corrected chi connectivity index (χ3v) is 2.72. The molecule has 0 aliphatic carbocycles. The summed E-state index contributed by atoms with van der Waals surface area (Å²) in [5, 5.41) is 5.80. The standard InChI is InChI=1S/C11H14BrClN2O2/c1-2-17-6-5-14-11(16)15-10-4-3-8(12)7-9(10)13/h3-4,7H,2,5-6H2,1H3,(H2,14,15,16). The molecule has 0 saturated carbocycles. The van der Waals surface area contributed by atoms with Crippen molar-refractivity contribution in [2.75, 3.05) is 25.1 Å². The lowest BCUT2D eigenvalue weighted by Crippen LogP contribution is -2.31. The molecule has 6 heteroatoms. The maximum Gasteiger partial charge on any atom is 0.319 e. The highest BCUT2D eigenvalue weighted by Gasteiger charge is 2.05. The molecule has 1 aromatic rings. The summed E-state index contributed by atoms with van der Waals surface area (Å²) in [6, 6.07) is 4.96. The topological polar surface area (TPSA) is 50.4 Å². The number of urea groups is 1. The van der Waals surface area contributed by atoms with E-state index in [1.165, 1.54) is 0 Å². The van der Waals surface area contributed by atoms with Crippen molar-refractivity contribution in [1.29, 1.82) is 0 Å². The molecule has 0 atom stereocenters. The van der Waals surface area contributed by atoms with Gasteiger partial charge < -0.3 is 15.4 Å². The van der Waals surface area contributed by atoms with E-state index in [1.54, 1.807) is 12.1 Å². The van der Waals surface area contributed by atoms with Gasteiger partial charge in [-0.2, -0.15) is 0 Å². The summed E-state index contributed by atoms with van der Waals surface area (Å²) in [5.74, 6) is 0. The normalized spacial score (nSPS) is 10.1. The highest BCUT2D eigenvalue weighted by molar-refractivity contribution is 9.10. The first-order valence-corrected chi connectivity index (χ1v) is 6.38. The summed E-state index contributed by atoms with van der Waals surface area (Å²) in [6.07, 6.45) is 0. The minimum absolute atomic E-state index is 0.297. The van der Waals surface area contributed by atoms with Gasteiger partial charge in [0.05, 0.1) is 17.3 Å². The van der Waals surface area contributed by atoms with Gasteiger partial charge in [0.15, 0.2) is 0 Å². The second kappa shape index (κ2) is 7.53. The molecule has 0 spiro atoms. The van der Waals surface area contributed by atoms with Crippen LogP contribution < -0.4 is 10.6 Å². The molecule has 0 fully saturated rings. The van der Waals surface area contributed by atoms with Crippen molar-refractivity contribution in [2.45, 2.75) is 6.92 Å². The molecule has 0 bridgehead atoms. The molecule has 2 N–H and O–H groups in total. The minimum atomic E-state index is -0.297. The number of anilines is 1. The van der Waals surface area contributed by atoms with Gasteiger partial charge in [0, 0.05) is 17.6 Å². The van der Waals surface area contributed by atoms with Crippen LogP contribution in [0.25, 0.3) is 0 Å². The first kappa shape index (κ1) is 14.3. The predicted octanol–water partition coefficient (Wildman–Crippen LogP) is 3.26. The molecule has 0 aliphatic heterocycles. The third kappa shape index (κ3) is 5.39. The van der Waals surface area contributed by atoms with Crippen LogP contribution in [0.1, 0.15) is 6.92 Å². The van der Waals surface area contributed by atoms with Crippen molar-refractivity contribution in [3.63, 3.8) is 0 Å². The van der Waals surface area contributed by atoms with Crippen LogP contribution in [-0.4, -0.2) is 25.8 Å². The molecule has 4 nitrogen and oxygen atoms in total. The van der Waals surface area contributed by atoms with Gasteiger partial charge in [-0.3, -0.25) is 0 Å². The number of carbonyl (C=O) groups is 1. The number of carbonyl (C=O) groups excluding carboxylic acids is 1. The zero-order valence-electron chi connectivity index (χ0n) is 9.43. The second-order valence-electron chi connectivity index (χ2n) is 3.20. The number of hydrogen-bond donors (Lipinski definition) is 2. The van der Waals surface area contributed by atoms with Crippen molar-refractivity contribution in [3.05, 3.63) is 27.7 Å².